The summed E-state index contributed by atoms with van der Waals surface area (Å²) in [6.07, 6.45) is 6.11. The van der Waals surface area contributed by atoms with Crippen LogP contribution in [0.2, 0.25) is 0 Å². The first-order chi connectivity index (χ1) is 5.76. The highest BCUT2D eigenvalue weighted by Gasteiger charge is 2.06. The Morgan fingerprint density at radius 3 is 2.67 bits per heavy atom. The van der Waals surface area contributed by atoms with Crippen LogP contribution >= 0.6 is 0 Å². The molecule has 0 atom stereocenters. The maximum atomic E-state index is 11.2. The summed E-state index contributed by atoms with van der Waals surface area (Å²) in [5, 5.41) is 0. The first-order valence-electron chi connectivity index (χ1n) is 3.92. The van der Waals surface area contributed by atoms with Gasteiger partial charge in [-0.1, -0.05) is 6.42 Å². The first kappa shape index (κ1) is 10.6. The molecule has 0 aliphatic carbocycles. The highest BCUT2D eigenvalue weighted by Crippen LogP contribution is 1.95. The second kappa shape index (κ2) is 6.31. The third-order valence-electron chi connectivity index (χ3n) is 1.41. The predicted molar refractivity (Wildman–Crippen MR) is 48.9 cm³/mol. The minimum atomic E-state index is -0.0252. The van der Waals surface area contributed by atoms with E-state index >= 15 is 0 Å². The Morgan fingerprint density at radius 2 is 2.25 bits per heavy atom. The van der Waals surface area contributed by atoms with Crippen LogP contribution in [0, 0.1) is 24.3 Å². The Kier molecular flexibility index (Phi) is 5.57. The summed E-state index contributed by atoms with van der Waals surface area (Å²) < 4.78 is 0. The van der Waals surface area contributed by atoms with E-state index in [0.717, 1.165) is 0 Å². The standard InChI is InChI=1S/C10H13NO/c1-4-7-8-9-10(12)11(5-2)6-3/h2H,6,8-9H2,1,3H3. The molecule has 0 aromatic heterocycles. The van der Waals surface area contributed by atoms with Crippen molar-refractivity contribution >= 4 is 5.91 Å². The molecule has 12 heavy (non-hydrogen) atoms. The molecule has 2 nitrogen and oxygen atoms in total. The second-order valence-corrected chi connectivity index (χ2v) is 2.19. The maximum absolute atomic E-state index is 11.2. The second-order valence-electron chi connectivity index (χ2n) is 2.19. The number of carbonyl (C=O) groups is 1. The maximum Gasteiger partial charge on any atom is 0.234 e. The summed E-state index contributed by atoms with van der Waals surface area (Å²) in [6, 6.07) is 2.31. The Balaban J connectivity index is 3.84. The van der Waals surface area contributed by atoms with Crippen LogP contribution in [0.25, 0.3) is 0 Å². The van der Waals surface area contributed by atoms with Crippen molar-refractivity contribution in [3.8, 4) is 24.3 Å². The minimum absolute atomic E-state index is 0.0252. The van der Waals surface area contributed by atoms with Crippen LogP contribution < -0.4 is 0 Å². The van der Waals surface area contributed by atoms with Gasteiger partial charge in [0.25, 0.3) is 0 Å². The van der Waals surface area contributed by atoms with Gasteiger partial charge >= 0.3 is 0 Å². The fourth-order valence-electron chi connectivity index (χ4n) is 0.769. The van der Waals surface area contributed by atoms with Crippen molar-refractivity contribution < 1.29 is 4.79 Å². The molecular formula is C10H13NO. The molecule has 0 N–H and O–H groups in total. The number of carbonyl (C=O) groups excluding carboxylic acids is 1. The zero-order chi connectivity index (χ0) is 9.40. The van der Waals surface area contributed by atoms with Gasteiger partial charge in [-0.3, -0.25) is 9.69 Å². The quantitative estimate of drug-likeness (QED) is 0.452. The molecule has 1 amide bonds. The first-order valence-corrected chi connectivity index (χ1v) is 3.92. The lowest BCUT2D eigenvalue weighted by Crippen LogP contribution is -2.25. The Bertz CT molecular complexity index is 239. The van der Waals surface area contributed by atoms with E-state index in [1.54, 1.807) is 6.92 Å². The van der Waals surface area contributed by atoms with Gasteiger partial charge < -0.3 is 0 Å². The van der Waals surface area contributed by atoms with Gasteiger partial charge in [0.1, 0.15) is 0 Å². The van der Waals surface area contributed by atoms with Crippen LogP contribution in [0.3, 0.4) is 0 Å². The summed E-state index contributed by atoms with van der Waals surface area (Å²) in [7, 11) is 0. The van der Waals surface area contributed by atoms with Crippen molar-refractivity contribution in [1.82, 2.24) is 4.90 Å². The fourth-order valence-corrected chi connectivity index (χ4v) is 0.769. The third kappa shape index (κ3) is 3.68. The van der Waals surface area contributed by atoms with Crippen LogP contribution in [0.4, 0.5) is 0 Å². The molecule has 0 spiro atoms. The monoisotopic (exact) mass is 163 g/mol. The third-order valence-corrected chi connectivity index (χ3v) is 1.41. The van der Waals surface area contributed by atoms with Crippen LogP contribution in [-0.4, -0.2) is 17.4 Å². The average Bonchev–Trinajstić information content (AvgIpc) is 2.07. The van der Waals surface area contributed by atoms with Crippen molar-refractivity contribution in [2.45, 2.75) is 26.7 Å². The van der Waals surface area contributed by atoms with Crippen molar-refractivity contribution in [2.75, 3.05) is 6.54 Å². The summed E-state index contributed by atoms with van der Waals surface area (Å²) in [5.41, 5.74) is 0. The Hall–Kier alpha value is -1.41. The smallest absolute Gasteiger partial charge is 0.234 e. The van der Waals surface area contributed by atoms with Gasteiger partial charge in [0.2, 0.25) is 5.91 Å². The Morgan fingerprint density at radius 1 is 1.58 bits per heavy atom. The summed E-state index contributed by atoms with van der Waals surface area (Å²) in [4.78, 5) is 12.6. The number of rotatable bonds is 3. The number of nitrogens with zero attached hydrogens (tertiary/aromatic N) is 1. The zero-order valence-corrected chi connectivity index (χ0v) is 7.55. The molecule has 0 aromatic rings. The Labute approximate surface area is 73.9 Å². The van der Waals surface area contributed by atoms with Gasteiger partial charge in [-0.2, -0.15) is 0 Å². The van der Waals surface area contributed by atoms with E-state index in [-0.39, 0.29) is 5.91 Å². The SMILES string of the molecule is C#CN(CC)C(=O)CCC#CC. The van der Waals surface area contributed by atoms with Crippen LogP contribution in [-0.2, 0) is 4.79 Å². The van der Waals surface area contributed by atoms with Crippen molar-refractivity contribution in [1.29, 1.82) is 0 Å². The van der Waals surface area contributed by atoms with Crippen molar-refractivity contribution in [3.63, 3.8) is 0 Å². The average molecular weight is 163 g/mol. The lowest BCUT2D eigenvalue weighted by atomic mass is 10.3. The van der Waals surface area contributed by atoms with Gasteiger partial charge in [-0.05, 0) is 13.8 Å². The lowest BCUT2D eigenvalue weighted by molar-refractivity contribution is -0.127. The molecule has 0 saturated carbocycles. The van der Waals surface area contributed by atoms with E-state index in [0.29, 0.717) is 19.4 Å². The van der Waals surface area contributed by atoms with Gasteiger partial charge in [0, 0.05) is 25.4 Å². The van der Waals surface area contributed by atoms with Gasteiger partial charge in [0.05, 0.1) is 0 Å². The number of amides is 1. The van der Waals surface area contributed by atoms with Gasteiger partial charge in [-0.15, -0.1) is 11.8 Å². The fraction of sp³-hybridized carbons (Fsp3) is 0.500. The van der Waals surface area contributed by atoms with E-state index in [1.807, 2.05) is 6.92 Å². The molecule has 0 fully saturated rings. The topological polar surface area (TPSA) is 20.3 Å². The van der Waals surface area contributed by atoms with Crippen molar-refractivity contribution in [3.05, 3.63) is 0 Å². The van der Waals surface area contributed by atoms with E-state index in [4.69, 9.17) is 6.42 Å². The molecule has 0 aliphatic heterocycles. The highest BCUT2D eigenvalue weighted by molar-refractivity contribution is 5.78. The van der Waals surface area contributed by atoms with Crippen LogP contribution in [0.15, 0.2) is 0 Å². The number of hydrogen-bond acceptors (Lipinski definition) is 1. The minimum Gasteiger partial charge on any atom is -0.274 e. The van der Waals surface area contributed by atoms with Gasteiger partial charge in [0.15, 0.2) is 0 Å². The molecule has 64 valence electrons. The van der Waals surface area contributed by atoms with E-state index in [2.05, 4.69) is 17.9 Å². The van der Waals surface area contributed by atoms with Crippen LogP contribution in [0.5, 0.6) is 0 Å². The summed E-state index contributed by atoms with van der Waals surface area (Å²) >= 11 is 0. The molecule has 0 bridgehead atoms. The van der Waals surface area contributed by atoms with Crippen molar-refractivity contribution in [2.24, 2.45) is 0 Å². The summed E-state index contributed by atoms with van der Waals surface area (Å²) in [6.45, 7) is 4.17. The molecular weight excluding hydrogens is 150 g/mol. The molecule has 0 aromatic carbocycles. The normalized spacial score (nSPS) is 7.75. The predicted octanol–water partition coefficient (Wildman–Crippen LogP) is 1.23. The lowest BCUT2D eigenvalue weighted by Gasteiger charge is -2.10. The number of hydrogen-bond donors (Lipinski definition) is 0. The molecule has 0 rings (SSSR count). The molecule has 0 aliphatic rings. The number of terminal acetylenes is 1. The van der Waals surface area contributed by atoms with E-state index in [9.17, 15) is 4.79 Å². The molecule has 0 saturated heterocycles. The van der Waals surface area contributed by atoms with E-state index < -0.39 is 0 Å². The molecule has 0 unspecified atom stereocenters. The largest absolute Gasteiger partial charge is 0.274 e. The van der Waals surface area contributed by atoms with Gasteiger partial charge in [-0.25, -0.2) is 0 Å². The zero-order valence-electron chi connectivity index (χ0n) is 7.55. The van der Waals surface area contributed by atoms with Crippen LogP contribution in [0.1, 0.15) is 26.7 Å². The molecule has 2 heteroatoms. The summed E-state index contributed by atoms with van der Waals surface area (Å²) in [5.74, 6) is 5.52. The highest BCUT2D eigenvalue weighted by atomic mass is 16.2. The molecule has 0 radical (unpaired) electrons. The van der Waals surface area contributed by atoms with E-state index in [1.165, 1.54) is 4.90 Å². The molecule has 0 heterocycles.